The predicted molar refractivity (Wildman–Crippen MR) is 89.8 cm³/mol. The van der Waals surface area contributed by atoms with Gasteiger partial charge < -0.3 is 15.4 Å². The van der Waals surface area contributed by atoms with Gasteiger partial charge in [-0.3, -0.25) is 9.59 Å². The number of carbonyl (C=O) groups is 2. The van der Waals surface area contributed by atoms with Crippen molar-refractivity contribution in [3.05, 3.63) is 59.7 Å². The maximum Gasteiger partial charge on any atom is 0.251 e. The molecule has 2 rings (SSSR count). The molecule has 0 saturated carbocycles. The van der Waals surface area contributed by atoms with Crippen molar-refractivity contribution in [1.29, 1.82) is 0 Å². The fraction of sp³-hybridized carbons (Fsp3) is 0.222. The Hall–Kier alpha value is -2.82. The van der Waals surface area contributed by atoms with Crippen molar-refractivity contribution in [2.24, 2.45) is 0 Å². The average molecular weight is 312 g/mol. The van der Waals surface area contributed by atoms with Gasteiger partial charge in [0.15, 0.2) is 0 Å². The monoisotopic (exact) mass is 312 g/mol. The number of nitrogens with one attached hydrogen (secondary N) is 2. The van der Waals surface area contributed by atoms with Crippen molar-refractivity contribution in [1.82, 2.24) is 5.32 Å². The van der Waals surface area contributed by atoms with Crippen molar-refractivity contribution >= 4 is 17.5 Å². The molecule has 5 heteroatoms. The molecule has 0 aliphatic rings. The molecule has 2 N–H and O–H groups in total. The second kappa shape index (κ2) is 7.98. The highest BCUT2D eigenvalue weighted by Gasteiger charge is 2.05. The molecule has 0 fully saturated rings. The number of amides is 2. The van der Waals surface area contributed by atoms with E-state index >= 15 is 0 Å². The lowest BCUT2D eigenvalue weighted by molar-refractivity contribution is -0.114. The van der Waals surface area contributed by atoms with Crippen molar-refractivity contribution in [3.63, 3.8) is 0 Å². The Morgan fingerprint density at radius 1 is 1.00 bits per heavy atom. The Balaban J connectivity index is 1.83. The topological polar surface area (TPSA) is 67.4 Å². The van der Waals surface area contributed by atoms with E-state index in [1.807, 2.05) is 24.3 Å². The summed E-state index contributed by atoms with van der Waals surface area (Å²) in [6.07, 6.45) is 0.750. The van der Waals surface area contributed by atoms with E-state index in [1.165, 1.54) is 6.92 Å². The fourth-order valence-electron chi connectivity index (χ4n) is 2.12. The van der Waals surface area contributed by atoms with Crippen LogP contribution in [0.2, 0.25) is 0 Å². The summed E-state index contributed by atoms with van der Waals surface area (Å²) in [7, 11) is 1.63. The highest BCUT2D eigenvalue weighted by atomic mass is 16.5. The minimum Gasteiger partial charge on any atom is -0.497 e. The van der Waals surface area contributed by atoms with E-state index in [4.69, 9.17) is 4.74 Å². The van der Waals surface area contributed by atoms with Crippen LogP contribution in [0.4, 0.5) is 5.69 Å². The van der Waals surface area contributed by atoms with E-state index in [0.29, 0.717) is 17.8 Å². The molecule has 0 radical (unpaired) electrons. The first-order valence-corrected chi connectivity index (χ1v) is 7.37. The van der Waals surface area contributed by atoms with Gasteiger partial charge in [-0.25, -0.2) is 0 Å². The SMILES string of the molecule is COc1ccc(CCNC(=O)c2ccc(NC(C)=O)cc2)cc1. The van der Waals surface area contributed by atoms with Crippen LogP contribution in [-0.4, -0.2) is 25.5 Å². The zero-order valence-electron chi connectivity index (χ0n) is 13.3. The Morgan fingerprint density at radius 2 is 1.65 bits per heavy atom. The second-order valence-electron chi connectivity index (χ2n) is 5.11. The summed E-state index contributed by atoms with van der Waals surface area (Å²) in [5, 5.41) is 5.54. The molecular formula is C18H20N2O3. The molecule has 0 unspecified atom stereocenters. The minimum atomic E-state index is -0.137. The summed E-state index contributed by atoms with van der Waals surface area (Å²) in [6, 6.07) is 14.6. The van der Waals surface area contributed by atoms with E-state index in [-0.39, 0.29) is 11.8 Å². The van der Waals surface area contributed by atoms with Gasteiger partial charge >= 0.3 is 0 Å². The van der Waals surface area contributed by atoms with Gasteiger partial charge in [0.2, 0.25) is 5.91 Å². The summed E-state index contributed by atoms with van der Waals surface area (Å²) >= 11 is 0. The Labute approximate surface area is 135 Å². The molecule has 0 saturated heterocycles. The molecule has 23 heavy (non-hydrogen) atoms. The molecular weight excluding hydrogens is 292 g/mol. The molecule has 0 atom stereocenters. The molecule has 0 aliphatic heterocycles. The van der Waals surface area contributed by atoms with Crippen LogP contribution in [0.3, 0.4) is 0 Å². The molecule has 120 valence electrons. The van der Waals surface area contributed by atoms with Gasteiger partial charge in [-0.2, -0.15) is 0 Å². The molecule has 0 aliphatic carbocycles. The lowest BCUT2D eigenvalue weighted by Crippen LogP contribution is -2.25. The van der Waals surface area contributed by atoms with Gasteiger partial charge in [0.1, 0.15) is 5.75 Å². The number of benzene rings is 2. The lowest BCUT2D eigenvalue weighted by atomic mass is 10.1. The molecule has 0 aromatic heterocycles. The van der Waals surface area contributed by atoms with Crippen molar-refractivity contribution < 1.29 is 14.3 Å². The minimum absolute atomic E-state index is 0.132. The van der Waals surface area contributed by atoms with Crippen LogP contribution < -0.4 is 15.4 Å². The van der Waals surface area contributed by atoms with Gasteiger partial charge in [0.25, 0.3) is 5.91 Å². The van der Waals surface area contributed by atoms with Gasteiger partial charge in [-0.1, -0.05) is 12.1 Å². The first kappa shape index (κ1) is 16.5. The summed E-state index contributed by atoms with van der Waals surface area (Å²) in [5.41, 5.74) is 2.37. The first-order valence-electron chi connectivity index (χ1n) is 7.37. The van der Waals surface area contributed by atoms with E-state index in [0.717, 1.165) is 17.7 Å². The van der Waals surface area contributed by atoms with Crippen LogP contribution >= 0.6 is 0 Å². The molecule has 2 amide bonds. The molecule has 2 aromatic carbocycles. The van der Waals surface area contributed by atoms with Gasteiger partial charge in [0, 0.05) is 24.7 Å². The van der Waals surface area contributed by atoms with Gasteiger partial charge in [-0.15, -0.1) is 0 Å². The zero-order valence-corrected chi connectivity index (χ0v) is 13.3. The molecule has 5 nitrogen and oxygen atoms in total. The van der Waals surface area contributed by atoms with Crippen LogP contribution in [-0.2, 0) is 11.2 Å². The van der Waals surface area contributed by atoms with E-state index < -0.39 is 0 Å². The lowest BCUT2D eigenvalue weighted by Gasteiger charge is -2.07. The van der Waals surface area contributed by atoms with Crippen molar-refractivity contribution in [3.8, 4) is 5.75 Å². The van der Waals surface area contributed by atoms with Crippen LogP contribution in [0.15, 0.2) is 48.5 Å². The summed E-state index contributed by atoms with van der Waals surface area (Å²) in [6.45, 7) is 2.00. The Bertz CT molecular complexity index is 664. The Morgan fingerprint density at radius 3 is 2.22 bits per heavy atom. The highest BCUT2D eigenvalue weighted by molar-refractivity contribution is 5.95. The van der Waals surface area contributed by atoms with Crippen molar-refractivity contribution in [2.75, 3.05) is 19.0 Å². The molecule has 0 spiro atoms. The molecule has 0 bridgehead atoms. The number of hydrogen-bond donors (Lipinski definition) is 2. The van der Waals surface area contributed by atoms with Crippen LogP contribution in [0, 0.1) is 0 Å². The molecule has 0 heterocycles. The normalized spacial score (nSPS) is 10.0. The third kappa shape index (κ3) is 5.14. The number of carbonyl (C=O) groups excluding carboxylic acids is 2. The number of ether oxygens (including phenoxy) is 1. The van der Waals surface area contributed by atoms with Crippen LogP contribution in [0.5, 0.6) is 5.75 Å². The first-order chi connectivity index (χ1) is 11.1. The quantitative estimate of drug-likeness (QED) is 0.861. The highest BCUT2D eigenvalue weighted by Crippen LogP contribution is 2.12. The average Bonchev–Trinajstić information content (AvgIpc) is 2.55. The van der Waals surface area contributed by atoms with E-state index in [9.17, 15) is 9.59 Å². The maximum absolute atomic E-state index is 12.1. The third-order valence-corrected chi connectivity index (χ3v) is 3.33. The van der Waals surface area contributed by atoms with Crippen LogP contribution in [0.1, 0.15) is 22.8 Å². The number of rotatable bonds is 6. The fourth-order valence-corrected chi connectivity index (χ4v) is 2.12. The number of hydrogen-bond acceptors (Lipinski definition) is 3. The third-order valence-electron chi connectivity index (χ3n) is 3.33. The largest absolute Gasteiger partial charge is 0.497 e. The predicted octanol–water partition coefficient (Wildman–Crippen LogP) is 2.63. The van der Waals surface area contributed by atoms with E-state index in [1.54, 1.807) is 31.4 Å². The smallest absolute Gasteiger partial charge is 0.251 e. The standard InChI is InChI=1S/C18H20N2O3/c1-13(21)20-16-7-5-15(6-8-16)18(22)19-12-11-14-3-9-17(23-2)10-4-14/h3-10H,11-12H2,1-2H3,(H,19,22)(H,20,21). The van der Waals surface area contributed by atoms with Gasteiger partial charge in [0.05, 0.1) is 7.11 Å². The zero-order chi connectivity index (χ0) is 16.7. The maximum atomic E-state index is 12.1. The number of anilines is 1. The molecule has 2 aromatic rings. The van der Waals surface area contributed by atoms with Crippen LogP contribution in [0.25, 0.3) is 0 Å². The van der Waals surface area contributed by atoms with Gasteiger partial charge in [-0.05, 0) is 48.4 Å². The summed E-state index contributed by atoms with van der Waals surface area (Å²) in [4.78, 5) is 23.0. The van der Waals surface area contributed by atoms with Crippen molar-refractivity contribution in [2.45, 2.75) is 13.3 Å². The summed E-state index contributed by atoms with van der Waals surface area (Å²) < 4.78 is 5.11. The second-order valence-corrected chi connectivity index (χ2v) is 5.11. The van der Waals surface area contributed by atoms with E-state index in [2.05, 4.69) is 10.6 Å². The number of methoxy groups -OCH3 is 1. The summed E-state index contributed by atoms with van der Waals surface area (Å²) in [5.74, 6) is 0.548. The Kier molecular flexibility index (Phi) is 5.74.